The molecule has 10 aromatic carbocycles. The van der Waals surface area contributed by atoms with E-state index >= 15 is 0 Å². The number of rotatable bonds is 18. The number of ketones is 1. The van der Waals surface area contributed by atoms with Crippen molar-refractivity contribution in [2.24, 2.45) is 10.1 Å². The zero-order valence-corrected chi connectivity index (χ0v) is 77.6. The topological polar surface area (TPSA) is 286 Å². The smallest absolute Gasteiger partial charge is 0.398 e. The zero-order chi connectivity index (χ0) is 83.2. The van der Waals surface area contributed by atoms with Gasteiger partial charge in [-0.3, -0.25) is 19.0 Å². The standard InChI is InChI=1S/C20H19BrN2O2.C19H20BrNO2.C17H19NO3S.C13H11NO2S.C11H15NO.C9H5BrO3.C4H8O.2CH3.Zn/c1-13-22-17-10-9-15(21)12-16(17)20(24)23(13)19(18-8-5-11-25-18)14-6-3-2-4-7-14;20-14-8-9-17(21)16(11-14)18(22)12-15(19-7-4-10-23-19)13-5-2-1-3-6-13;19-22(20,15-10-5-2-6-11-15)18-17(16-12-7-13-21-16)14-8-3-1-4-9-14;15-17(16,13-9-5-2-6-10-13)14-11-12-7-3-1-4-8-12;12-11(10-7-4-8-13-10)9-5-2-1-3-6-9;10-6-2-1-5-3-8(11)13-9(12)7(5)4-6;1-2-4-5-3-1;;;/h2-4,6-7,9-10,12,18-19H,5,8,11H2,1H3;1-3,5-6,8-9,11,15,19H,4,7,10,12,21H2;1-6,8-11,16-18H,7,12-13H2;1-11H;1-3,5-6,10-11H,4,7-8,12H2;1-2,4H,3H2;1-4H2;2*1H3;/q;;;;;;;2*-1;+2. The number of benzene rings is 10. The minimum absolute atomic E-state index is 0. The molecule has 0 saturated carbocycles. The monoisotopic (exact) mass is 1920 g/mol. The molecule has 5 saturated heterocycles. The van der Waals surface area contributed by atoms with E-state index in [1.807, 2.05) is 134 Å². The maximum Gasteiger partial charge on any atom is 2.00 e. The molecule has 8 unspecified atom stereocenters. The average molecular weight is 1920 g/mol. The van der Waals surface area contributed by atoms with Gasteiger partial charge in [0.1, 0.15) is 5.82 Å². The Kier molecular flexibility index (Phi) is 40.0. The van der Waals surface area contributed by atoms with Crippen LogP contribution >= 0.6 is 47.8 Å². The molecular weight excluding hydrogens is 1820 g/mol. The minimum atomic E-state index is -3.59. The number of sulfonamides is 2. The predicted octanol–water partition coefficient (Wildman–Crippen LogP) is 19.4. The molecule has 11 aromatic rings. The minimum Gasteiger partial charge on any atom is -0.398 e. The first-order valence-corrected chi connectivity index (χ1v) is 44.8. The van der Waals surface area contributed by atoms with Gasteiger partial charge in [0, 0.05) is 82.9 Å². The van der Waals surface area contributed by atoms with Crippen LogP contribution in [0.2, 0.25) is 0 Å². The van der Waals surface area contributed by atoms with Crippen molar-refractivity contribution in [1.82, 2.24) is 14.3 Å². The van der Waals surface area contributed by atoms with Gasteiger partial charge < -0.3 is 54.7 Å². The van der Waals surface area contributed by atoms with E-state index < -0.39 is 32.0 Å². The Balaban J connectivity index is 0.000000180. The number of cyclic esters (lactones) is 2. The number of nitrogens with one attached hydrogen (secondary N) is 1. The molecule has 26 heteroatoms. The van der Waals surface area contributed by atoms with Crippen molar-refractivity contribution in [2.75, 3.05) is 45.4 Å². The Morgan fingerprint density at radius 2 is 1.00 bits per heavy atom. The van der Waals surface area contributed by atoms with Crippen LogP contribution in [0.1, 0.15) is 155 Å². The van der Waals surface area contributed by atoms with Crippen molar-refractivity contribution < 1.29 is 79.1 Å². The van der Waals surface area contributed by atoms with Crippen LogP contribution in [0, 0.1) is 21.8 Å². The van der Waals surface area contributed by atoms with Gasteiger partial charge in [-0.15, -0.1) is 0 Å². The van der Waals surface area contributed by atoms with Crippen molar-refractivity contribution in [3.05, 3.63) is 356 Å². The normalized spacial score (nSPS) is 17.9. The number of aromatic nitrogens is 2. The molecule has 6 aliphatic heterocycles. The Morgan fingerprint density at radius 3 is 1.54 bits per heavy atom. The van der Waals surface area contributed by atoms with E-state index in [-0.39, 0.29) is 110 Å². The van der Waals surface area contributed by atoms with E-state index in [1.165, 1.54) is 36.8 Å². The number of nitrogens with zero attached hydrogens (tertiary/aromatic N) is 3. The summed E-state index contributed by atoms with van der Waals surface area (Å²) in [5.74, 6) is -0.200. The molecule has 20 nitrogen and oxygen atoms in total. The second-order valence-corrected chi connectivity index (χ2v) is 34.8. The number of esters is 2. The maximum atomic E-state index is 13.3. The number of hydrogen-bond acceptors (Lipinski definition) is 17. The fourth-order valence-corrected chi connectivity index (χ4v) is 17.6. The van der Waals surface area contributed by atoms with Gasteiger partial charge in [-0.05, 0) is 177 Å². The predicted molar refractivity (Wildman–Crippen MR) is 484 cm³/mol. The van der Waals surface area contributed by atoms with Crippen molar-refractivity contribution >= 4 is 108 Å². The van der Waals surface area contributed by atoms with Crippen molar-refractivity contribution in [3.63, 3.8) is 0 Å². The molecule has 8 atom stereocenters. The number of aryl methyl sites for hydroxylation is 1. The fourth-order valence-electron chi connectivity index (χ4n) is 14.4. The van der Waals surface area contributed by atoms with Crippen LogP contribution < -0.4 is 21.7 Å². The molecule has 1 aromatic heterocycles. The van der Waals surface area contributed by atoms with Gasteiger partial charge in [0.2, 0.25) is 10.0 Å². The number of fused-ring (bicyclic) bond motifs is 2. The summed E-state index contributed by atoms with van der Waals surface area (Å²) in [6, 6.07) is 81.5. The summed E-state index contributed by atoms with van der Waals surface area (Å²) in [7, 11) is -7.16. The number of halogens is 3. The largest absolute Gasteiger partial charge is 2.00 e. The number of ether oxygens (including phenoxy) is 6. The first-order valence-electron chi connectivity index (χ1n) is 39.5. The average Bonchev–Trinajstić information content (AvgIpc) is 1.69. The Bertz CT molecular complexity index is 5360. The van der Waals surface area contributed by atoms with E-state index in [4.69, 9.17) is 35.2 Å². The zero-order valence-electron chi connectivity index (χ0n) is 68.2. The summed E-state index contributed by atoms with van der Waals surface area (Å²) in [4.78, 5) is 53.3. The van der Waals surface area contributed by atoms with Gasteiger partial charge in [-0.2, -0.15) is 12.8 Å². The van der Waals surface area contributed by atoms with Crippen LogP contribution in [0.5, 0.6) is 0 Å². The van der Waals surface area contributed by atoms with Crippen molar-refractivity contribution in [3.8, 4) is 0 Å². The molecule has 5 N–H and O–H groups in total. The van der Waals surface area contributed by atoms with E-state index in [0.29, 0.717) is 41.1 Å². The summed E-state index contributed by atoms with van der Waals surface area (Å²) < 4.78 is 92.2. The van der Waals surface area contributed by atoms with E-state index in [2.05, 4.69) is 103 Å². The summed E-state index contributed by atoms with van der Waals surface area (Å²) in [6.07, 6.45) is 12.8. The molecule has 0 aliphatic carbocycles. The first kappa shape index (κ1) is 97.7. The SMILES string of the molecule is C1CCOC1.Cc1nc2ccc(Br)cc2c(=O)n1C(c1ccccc1)C1CCCO1.NC(c1ccccc1)C1CCCO1.Nc1ccc(Br)cc1C(=O)CC(c1ccccc1)C1CCCO1.O=C1Cc2ccc(Br)cc2C(=O)O1.O=S(=O)(N=Cc1ccccc1)c1ccccc1.O=S(=O)(NC(c1ccccc1)C1CCCO1)c1ccccc1.[CH3-].[CH3-].[Zn+2]. The summed E-state index contributed by atoms with van der Waals surface area (Å²) in [5, 5.41) is 0.624. The van der Waals surface area contributed by atoms with E-state index in [0.717, 1.165) is 131 Å². The molecule has 0 radical (unpaired) electrons. The van der Waals surface area contributed by atoms with Gasteiger partial charge in [-0.1, -0.05) is 242 Å². The molecule has 6 aliphatic rings. The first-order chi connectivity index (χ1) is 57.2. The number of anilines is 1. The molecule has 5 fully saturated rings. The van der Waals surface area contributed by atoms with Crippen molar-refractivity contribution in [1.29, 1.82) is 0 Å². The van der Waals surface area contributed by atoms with Gasteiger partial charge in [0.25, 0.3) is 15.6 Å². The second-order valence-electron chi connectivity index (χ2n) is 28.7. The Hall–Kier alpha value is -8.70. The number of Topliss-reactive ketones (excluding diaryl/α,β-unsaturated/α-hetero) is 1. The van der Waals surface area contributed by atoms with Gasteiger partial charge in [0.05, 0.1) is 75.2 Å². The summed E-state index contributed by atoms with van der Waals surface area (Å²) >= 11 is 10.1. The van der Waals surface area contributed by atoms with Crippen LogP contribution in [-0.4, -0.2) is 114 Å². The van der Waals surface area contributed by atoms with Gasteiger partial charge in [0.15, 0.2) is 5.78 Å². The Labute approximate surface area is 749 Å². The molecule has 0 spiro atoms. The quantitative estimate of drug-likeness (QED) is 0.0137. The third-order valence-corrected chi connectivity index (χ3v) is 24.5. The fraction of sp³-hybridized carbons (Fsp3) is 0.284. The third-order valence-electron chi connectivity index (χ3n) is 20.4. The molecule has 121 heavy (non-hydrogen) atoms. The van der Waals surface area contributed by atoms with Crippen LogP contribution in [0.15, 0.2) is 299 Å². The van der Waals surface area contributed by atoms with Crippen molar-refractivity contribution in [2.45, 2.75) is 142 Å². The van der Waals surface area contributed by atoms with E-state index in [1.54, 1.807) is 95.6 Å². The summed E-state index contributed by atoms with van der Waals surface area (Å²) in [6.45, 7) is 6.97. The molecule has 0 amide bonds. The number of nitrogen functional groups attached to an aromatic ring is 1. The molecule has 632 valence electrons. The second kappa shape index (κ2) is 49.6. The van der Waals surface area contributed by atoms with Crippen LogP contribution in [-0.2, 0) is 79.2 Å². The summed E-state index contributed by atoms with van der Waals surface area (Å²) in [5.41, 5.74) is 20.2. The van der Waals surface area contributed by atoms with Crippen LogP contribution in [0.4, 0.5) is 5.69 Å². The van der Waals surface area contributed by atoms with Gasteiger partial charge >= 0.3 is 31.4 Å². The number of hydrogen-bond donors (Lipinski definition) is 3. The van der Waals surface area contributed by atoms with Crippen LogP contribution in [0.3, 0.4) is 0 Å². The Morgan fingerprint density at radius 1 is 0.537 bits per heavy atom. The molecule has 0 bridgehead atoms. The molecular formula is C95H103Br3N6O14S2Zn. The number of carbonyl (C=O) groups excluding carboxylic acids is 3. The number of nitrogens with two attached hydrogens (primary N) is 2. The maximum absolute atomic E-state index is 13.3. The number of carbonyl (C=O) groups is 3. The third kappa shape index (κ3) is 29.0. The molecule has 17 rings (SSSR count). The molecule has 7 heterocycles. The van der Waals surface area contributed by atoms with Crippen LogP contribution in [0.25, 0.3) is 10.9 Å². The van der Waals surface area contributed by atoms with E-state index in [9.17, 15) is 36.0 Å². The van der Waals surface area contributed by atoms with Gasteiger partial charge in [-0.25, -0.2) is 22.9 Å².